The number of aryl methyl sites for hydroxylation is 2. The number of likely N-dealkylation sites (tertiary alicyclic amines) is 1. The molecule has 1 saturated heterocycles. The van der Waals surface area contributed by atoms with Crippen molar-refractivity contribution < 1.29 is 9.59 Å². The van der Waals surface area contributed by atoms with Crippen molar-refractivity contribution in [1.82, 2.24) is 10.2 Å². The maximum atomic E-state index is 12.6. The van der Waals surface area contributed by atoms with E-state index < -0.39 is 0 Å². The fourth-order valence-corrected chi connectivity index (χ4v) is 4.10. The van der Waals surface area contributed by atoms with Crippen molar-refractivity contribution in [1.29, 1.82) is 0 Å². The molecule has 0 aliphatic carbocycles. The van der Waals surface area contributed by atoms with Crippen LogP contribution in [0.3, 0.4) is 0 Å². The molecule has 1 fully saturated rings. The van der Waals surface area contributed by atoms with E-state index in [0.29, 0.717) is 25.9 Å². The van der Waals surface area contributed by atoms with Crippen LogP contribution in [-0.4, -0.2) is 42.4 Å². The van der Waals surface area contributed by atoms with Gasteiger partial charge in [-0.05, 0) is 51.2 Å². The SMILES string of the molecule is Cc1ccc(CCCC(=O)N2CCCCC2CNC(=O)CCN)s1.Cl. The minimum absolute atomic E-state index is 0. The zero-order chi connectivity index (χ0) is 17.4. The van der Waals surface area contributed by atoms with Crippen molar-refractivity contribution >= 4 is 35.6 Å². The topological polar surface area (TPSA) is 75.4 Å². The Morgan fingerprint density at radius 2 is 2.12 bits per heavy atom. The van der Waals surface area contributed by atoms with Gasteiger partial charge in [-0.15, -0.1) is 23.7 Å². The third-order valence-electron chi connectivity index (χ3n) is 4.46. The van der Waals surface area contributed by atoms with Crippen LogP contribution in [0.25, 0.3) is 0 Å². The Bertz CT molecular complexity index is 550. The molecule has 0 bridgehead atoms. The molecule has 142 valence electrons. The highest BCUT2D eigenvalue weighted by Gasteiger charge is 2.26. The number of halogens is 1. The highest BCUT2D eigenvalue weighted by atomic mass is 35.5. The first kappa shape index (κ1) is 21.9. The molecule has 1 aromatic heterocycles. The number of nitrogens with one attached hydrogen (secondary N) is 1. The number of carbonyl (C=O) groups excluding carboxylic acids is 2. The van der Waals surface area contributed by atoms with Crippen molar-refractivity contribution in [3.63, 3.8) is 0 Å². The van der Waals surface area contributed by atoms with Gasteiger partial charge in [0.1, 0.15) is 0 Å². The van der Waals surface area contributed by atoms with Crippen molar-refractivity contribution in [2.45, 2.75) is 57.9 Å². The lowest BCUT2D eigenvalue weighted by Crippen LogP contribution is -2.49. The molecule has 25 heavy (non-hydrogen) atoms. The Kier molecular flexibility index (Phi) is 10.1. The summed E-state index contributed by atoms with van der Waals surface area (Å²) in [5, 5.41) is 2.91. The monoisotopic (exact) mass is 387 g/mol. The third-order valence-corrected chi connectivity index (χ3v) is 5.52. The van der Waals surface area contributed by atoms with Gasteiger partial charge in [-0.1, -0.05) is 0 Å². The number of rotatable bonds is 8. The molecule has 1 aliphatic rings. The van der Waals surface area contributed by atoms with Crippen molar-refractivity contribution in [3.8, 4) is 0 Å². The zero-order valence-corrected chi connectivity index (χ0v) is 16.6. The van der Waals surface area contributed by atoms with Gasteiger partial charge < -0.3 is 16.0 Å². The van der Waals surface area contributed by atoms with E-state index in [1.165, 1.54) is 9.75 Å². The number of carbonyl (C=O) groups is 2. The van der Waals surface area contributed by atoms with Gasteiger partial charge in [0.05, 0.1) is 0 Å². The van der Waals surface area contributed by atoms with Gasteiger partial charge in [0, 0.05) is 48.3 Å². The molecule has 2 amide bonds. The highest BCUT2D eigenvalue weighted by molar-refractivity contribution is 7.11. The Hall–Kier alpha value is -1.11. The molecule has 1 unspecified atom stereocenters. The van der Waals surface area contributed by atoms with Gasteiger partial charge in [0.2, 0.25) is 11.8 Å². The molecule has 0 saturated carbocycles. The van der Waals surface area contributed by atoms with Crippen LogP contribution < -0.4 is 11.1 Å². The van der Waals surface area contributed by atoms with Gasteiger partial charge in [-0.25, -0.2) is 0 Å². The molecule has 0 spiro atoms. The summed E-state index contributed by atoms with van der Waals surface area (Å²) in [6.07, 6.45) is 5.94. The molecule has 0 radical (unpaired) electrons. The zero-order valence-electron chi connectivity index (χ0n) is 15.0. The molecular formula is C18H30ClN3O2S. The minimum atomic E-state index is -0.0245. The van der Waals surface area contributed by atoms with E-state index >= 15 is 0 Å². The van der Waals surface area contributed by atoms with E-state index in [2.05, 4.69) is 24.4 Å². The molecule has 2 heterocycles. The number of amides is 2. The predicted molar refractivity (Wildman–Crippen MR) is 105 cm³/mol. The van der Waals surface area contributed by atoms with Gasteiger partial charge in [0.15, 0.2) is 0 Å². The lowest BCUT2D eigenvalue weighted by atomic mass is 10.0. The number of nitrogens with zero attached hydrogens (tertiary/aromatic N) is 1. The van der Waals surface area contributed by atoms with Crippen LogP contribution in [0.4, 0.5) is 0 Å². The molecule has 0 aromatic carbocycles. The summed E-state index contributed by atoms with van der Waals surface area (Å²) in [5.74, 6) is 0.199. The fourth-order valence-electron chi connectivity index (χ4n) is 3.17. The van der Waals surface area contributed by atoms with Crippen LogP contribution in [-0.2, 0) is 16.0 Å². The second-order valence-electron chi connectivity index (χ2n) is 6.45. The summed E-state index contributed by atoms with van der Waals surface area (Å²) >= 11 is 1.81. The Balaban J connectivity index is 0.00000312. The molecule has 2 rings (SSSR count). The summed E-state index contributed by atoms with van der Waals surface area (Å²) in [6.45, 7) is 3.83. The Labute approximate surface area is 160 Å². The largest absolute Gasteiger partial charge is 0.354 e. The molecule has 1 atom stereocenters. The number of hydrogen-bond donors (Lipinski definition) is 2. The second kappa shape index (κ2) is 11.5. The lowest BCUT2D eigenvalue weighted by Gasteiger charge is -2.36. The highest BCUT2D eigenvalue weighted by Crippen LogP contribution is 2.20. The summed E-state index contributed by atoms with van der Waals surface area (Å²) in [4.78, 5) is 28.8. The van der Waals surface area contributed by atoms with E-state index in [4.69, 9.17) is 5.73 Å². The number of piperidine rings is 1. The Morgan fingerprint density at radius 3 is 2.80 bits per heavy atom. The van der Waals surface area contributed by atoms with E-state index in [1.54, 1.807) is 0 Å². The molecule has 5 nitrogen and oxygen atoms in total. The molecular weight excluding hydrogens is 358 g/mol. The summed E-state index contributed by atoms with van der Waals surface area (Å²) in [5.41, 5.74) is 5.39. The smallest absolute Gasteiger partial charge is 0.222 e. The summed E-state index contributed by atoms with van der Waals surface area (Å²) in [7, 11) is 0. The van der Waals surface area contributed by atoms with Crippen LogP contribution in [0.1, 0.15) is 48.3 Å². The maximum Gasteiger partial charge on any atom is 0.222 e. The first-order chi connectivity index (χ1) is 11.6. The second-order valence-corrected chi connectivity index (χ2v) is 7.82. The van der Waals surface area contributed by atoms with Gasteiger partial charge in [-0.2, -0.15) is 0 Å². The third kappa shape index (κ3) is 7.34. The van der Waals surface area contributed by atoms with Crippen molar-refractivity contribution in [2.75, 3.05) is 19.6 Å². The van der Waals surface area contributed by atoms with E-state index in [-0.39, 0.29) is 30.3 Å². The van der Waals surface area contributed by atoms with Gasteiger partial charge in [-0.3, -0.25) is 9.59 Å². The average molecular weight is 388 g/mol. The van der Waals surface area contributed by atoms with Crippen LogP contribution in [0.2, 0.25) is 0 Å². The van der Waals surface area contributed by atoms with Crippen molar-refractivity contribution in [2.24, 2.45) is 5.73 Å². The minimum Gasteiger partial charge on any atom is -0.354 e. The number of nitrogens with two attached hydrogens (primary N) is 1. The van der Waals surface area contributed by atoms with Crippen LogP contribution in [0.5, 0.6) is 0 Å². The molecule has 1 aromatic rings. The quantitative estimate of drug-likeness (QED) is 0.719. The Morgan fingerprint density at radius 1 is 1.32 bits per heavy atom. The molecule has 3 N–H and O–H groups in total. The summed E-state index contributed by atoms with van der Waals surface area (Å²) in [6, 6.07) is 4.42. The first-order valence-corrected chi connectivity index (χ1v) is 9.73. The number of hydrogen-bond acceptors (Lipinski definition) is 4. The van der Waals surface area contributed by atoms with Crippen molar-refractivity contribution in [3.05, 3.63) is 21.9 Å². The average Bonchev–Trinajstić information content (AvgIpc) is 2.99. The molecule has 7 heteroatoms. The standard InChI is InChI=1S/C18H29N3O2S.ClH/c1-14-8-9-16(24-14)6-4-7-18(23)21-12-3-2-5-15(21)13-20-17(22)10-11-19;/h8-9,15H,2-7,10-13,19H2,1H3,(H,20,22);1H. The predicted octanol–water partition coefficient (Wildman–Crippen LogP) is 2.65. The van der Waals surface area contributed by atoms with Gasteiger partial charge in [0.25, 0.3) is 0 Å². The fraction of sp³-hybridized carbons (Fsp3) is 0.667. The maximum absolute atomic E-state index is 12.6. The van der Waals surface area contributed by atoms with Gasteiger partial charge >= 0.3 is 0 Å². The van der Waals surface area contributed by atoms with Crippen LogP contribution in [0, 0.1) is 6.92 Å². The summed E-state index contributed by atoms with van der Waals surface area (Å²) < 4.78 is 0. The number of thiophene rings is 1. The normalized spacial score (nSPS) is 17.0. The lowest BCUT2D eigenvalue weighted by molar-refractivity contribution is -0.135. The van der Waals surface area contributed by atoms with E-state index in [9.17, 15) is 9.59 Å². The van der Waals surface area contributed by atoms with E-state index in [0.717, 1.165) is 38.6 Å². The van der Waals surface area contributed by atoms with E-state index in [1.807, 2.05) is 16.2 Å². The van der Waals surface area contributed by atoms with Crippen LogP contribution in [0.15, 0.2) is 12.1 Å². The van der Waals surface area contributed by atoms with Crippen LogP contribution >= 0.6 is 23.7 Å². The first-order valence-electron chi connectivity index (χ1n) is 8.91. The molecule has 1 aliphatic heterocycles.